The van der Waals surface area contributed by atoms with E-state index in [0.717, 1.165) is 41.8 Å². The molecular weight excluding hydrogens is 248 g/mol. The Morgan fingerprint density at radius 3 is 2.60 bits per heavy atom. The van der Waals surface area contributed by atoms with Crippen LogP contribution in [0, 0.1) is 0 Å². The molecule has 1 aliphatic rings. The lowest BCUT2D eigenvalue weighted by Gasteiger charge is -2.27. The highest BCUT2D eigenvalue weighted by Gasteiger charge is 2.28. The van der Waals surface area contributed by atoms with Crippen LogP contribution >= 0.6 is 0 Å². The van der Waals surface area contributed by atoms with E-state index in [9.17, 15) is 4.79 Å². The summed E-state index contributed by atoms with van der Waals surface area (Å²) in [6.07, 6.45) is 2.90. The van der Waals surface area contributed by atoms with Crippen molar-refractivity contribution < 1.29 is 9.53 Å². The monoisotopic (exact) mass is 266 g/mol. The van der Waals surface area contributed by atoms with Crippen molar-refractivity contribution in [1.82, 2.24) is 0 Å². The molecule has 2 aromatic rings. The maximum atomic E-state index is 11.6. The Morgan fingerprint density at radius 2 is 1.90 bits per heavy atom. The van der Waals surface area contributed by atoms with E-state index >= 15 is 0 Å². The number of hydrogen-bond donors (Lipinski definition) is 0. The lowest BCUT2D eigenvalue weighted by atomic mass is 9.86. The van der Waals surface area contributed by atoms with Crippen LogP contribution in [0.4, 0.5) is 0 Å². The minimum Gasteiger partial charge on any atom is -0.456 e. The molecule has 0 amide bonds. The molecule has 0 fully saturated rings. The van der Waals surface area contributed by atoms with E-state index in [0.29, 0.717) is 0 Å². The number of rotatable bonds is 3. The number of carbonyl (C=O) groups excluding carboxylic acids is 1. The summed E-state index contributed by atoms with van der Waals surface area (Å²) in [6, 6.07) is 12.1. The van der Waals surface area contributed by atoms with Gasteiger partial charge in [-0.1, -0.05) is 44.2 Å². The summed E-state index contributed by atoms with van der Waals surface area (Å²) in [7, 11) is 0. The first kappa shape index (κ1) is 12.9. The van der Waals surface area contributed by atoms with E-state index in [2.05, 4.69) is 26.0 Å². The first-order valence-electron chi connectivity index (χ1n) is 7.16. The fourth-order valence-corrected chi connectivity index (χ4v) is 2.86. The molecule has 0 saturated heterocycles. The number of aldehydes is 1. The Bertz CT molecular complexity index is 658. The molecule has 3 rings (SSSR count). The Morgan fingerprint density at radius 1 is 1.10 bits per heavy atom. The van der Waals surface area contributed by atoms with Crippen LogP contribution in [0.2, 0.25) is 0 Å². The number of benzene rings is 2. The van der Waals surface area contributed by atoms with Crippen molar-refractivity contribution in [3.63, 3.8) is 0 Å². The van der Waals surface area contributed by atoms with Gasteiger partial charge in [0.05, 0.1) is 5.92 Å². The molecule has 2 nitrogen and oxygen atoms in total. The molecule has 102 valence electrons. The molecule has 2 aromatic carbocycles. The van der Waals surface area contributed by atoms with Crippen LogP contribution in [-0.2, 0) is 17.6 Å². The number of fused-ring (bicyclic) bond motifs is 2. The van der Waals surface area contributed by atoms with Gasteiger partial charge in [0.15, 0.2) is 0 Å². The summed E-state index contributed by atoms with van der Waals surface area (Å²) in [5, 5.41) is 0. The number of hydrogen-bond acceptors (Lipinski definition) is 2. The molecule has 0 N–H and O–H groups in total. The molecule has 20 heavy (non-hydrogen) atoms. The normalized spacial score (nSPS) is 16.0. The maximum absolute atomic E-state index is 11.6. The second kappa shape index (κ2) is 5.12. The highest BCUT2D eigenvalue weighted by Crippen LogP contribution is 2.45. The molecular formula is C18H18O2. The van der Waals surface area contributed by atoms with Crippen LogP contribution in [0.1, 0.15) is 42.0 Å². The van der Waals surface area contributed by atoms with Crippen LogP contribution in [0.15, 0.2) is 36.4 Å². The van der Waals surface area contributed by atoms with Crippen molar-refractivity contribution in [2.45, 2.75) is 32.6 Å². The molecule has 0 spiro atoms. The highest BCUT2D eigenvalue weighted by molar-refractivity contribution is 5.75. The number of aryl methyl sites for hydroxylation is 2. The minimum atomic E-state index is -0.216. The van der Waals surface area contributed by atoms with E-state index in [-0.39, 0.29) is 5.92 Å². The number of para-hydroxylation sites is 1. The van der Waals surface area contributed by atoms with Crippen LogP contribution in [0.5, 0.6) is 11.5 Å². The molecule has 1 unspecified atom stereocenters. The third-order valence-corrected chi connectivity index (χ3v) is 3.98. The van der Waals surface area contributed by atoms with Gasteiger partial charge >= 0.3 is 0 Å². The fraction of sp³-hybridized carbons (Fsp3) is 0.278. The van der Waals surface area contributed by atoms with Gasteiger partial charge in [0.25, 0.3) is 0 Å². The molecule has 0 saturated carbocycles. The smallest absolute Gasteiger partial charge is 0.134 e. The van der Waals surface area contributed by atoms with E-state index < -0.39 is 0 Å². The molecule has 0 aromatic heterocycles. The largest absolute Gasteiger partial charge is 0.456 e. The summed E-state index contributed by atoms with van der Waals surface area (Å²) < 4.78 is 6.07. The van der Waals surface area contributed by atoms with Crippen molar-refractivity contribution >= 4 is 6.29 Å². The average Bonchev–Trinajstić information content (AvgIpc) is 2.51. The lowest BCUT2D eigenvalue weighted by Crippen LogP contribution is -2.13. The Labute approximate surface area is 119 Å². The van der Waals surface area contributed by atoms with Gasteiger partial charge < -0.3 is 9.53 Å². The Balaban J connectivity index is 2.23. The predicted octanol–water partition coefficient (Wildman–Crippen LogP) is 4.25. The third-order valence-electron chi connectivity index (χ3n) is 3.98. The van der Waals surface area contributed by atoms with Crippen molar-refractivity contribution in [3.05, 3.63) is 58.7 Å². The summed E-state index contributed by atoms with van der Waals surface area (Å²) in [4.78, 5) is 11.6. The predicted molar refractivity (Wildman–Crippen MR) is 79.6 cm³/mol. The molecule has 0 aliphatic carbocycles. The van der Waals surface area contributed by atoms with Gasteiger partial charge in [-0.3, -0.25) is 0 Å². The minimum absolute atomic E-state index is 0.216. The molecule has 0 bridgehead atoms. The number of ether oxygens (including phenoxy) is 1. The highest BCUT2D eigenvalue weighted by atomic mass is 16.5. The van der Waals surface area contributed by atoms with Crippen molar-refractivity contribution in [1.29, 1.82) is 0 Å². The van der Waals surface area contributed by atoms with Gasteiger partial charge in [-0.25, -0.2) is 0 Å². The van der Waals surface area contributed by atoms with Gasteiger partial charge in [0.2, 0.25) is 0 Å². The van der Waals surface area contributed by atoms with E-state index in [1.54, 1.807) is 0 Å². The lowest BCUT2D eigenvalue weighted by molar-refractivity contribution is -0.108. The van der Waals surface area contributed by atoms with Crippen molar-refractivity contribution in [3.8, 4) is 11.5 Å². The number of carbonyl (C=O) groups is 1. The standard InChI is InChI=1S/C18H18O2/c1-3-12-9-13(4-2)18-15(10-12)16(11-19)14-7-5-6-8-17(14)20-18/h5-11,16H,3-4H2,1-2H3. The summed E-state index contributed by atoms with van der Waals surface area (Å²) in [6.45, 7) is 4.25. The average molecular weight is 266 g/mol. The van der Waals surface area contributed by atoms with Gasteiger partial charge in [0, 0.05) is 11.1 Å². The molecule has 1 aliphatic heterocycles. The first-order chi connectivity index (χ1) is 9.78. The molecule has 1 heterocycles. The zero-order chi connectivity index (χ0) is 14.1. The van der Waals surface area contributed by atoms with Crippen molar-refractivity contribution in [2.75, 3.05) is 0 Å². The zero-order valence-corrected chi connectivity index (χ0v) is 11.8. The maximum Gasteiger partial charge on any atom is 0.134 e. The zero-order valence-electron chi connectivity index (χ0n) is 11.8. The topological polar surface area (TPSA) is 26.3 Å². The van der Waals surface area contributed by atoms with E-state index in [1.165, 1.54) is 11.1 Å². The SMILES string of the molecule is CCc1cc(CC)c2c(c1)C(C=O)c1ccccc1O2. The molecule has 1 atom stereocenters. The second-order valence-corrected chi connectivity index (χ2v) is 5.13. The fourth-order valence-electron chi connectivity index (χ4n) is 2.86. The van der Waals surface area contributed by atoms with Crippen molar-refractivity contribution in [2.24, 2.45) is 0 Å². The quantitative estimate of drug-likeness (QED) is 0.776. The van der Waals surface area contributed by atoms with Crippen LogP contribution in [-0.4, -0.2) is 6.29 Å². The van der Waals surface area contributed by atoms with Crippen LogP contribution in [0.3, 0.4) is 0 Å². The summed E-state index contributed by atoms with van der Waals surface area (Å²) >= 11 is 0. The first-order valence-corrected chi connectivity index (χ1v) is 7.16. The Kier molecular flexibility index (Phi) is 3.31. The van der Waals surface area contributed by atoms with Gasteiger partial charge in [-0.05, 0) is 30.0 Å². The van der Waals surface area contributed by atoms with Crippen LogP contribution in [0.25, 0.3) is 0 Å². The summed E-state index contributed by atoms with van der Waals surface area (Å²) in [5.74, 6) is 1.46. The second-order valence-electron chi connectivity index (χ2n) is 5.13. The molecule has 0 radical (unpaired) electrons. The van der Waals surface area contributed by atoms with E-state index in [4.69, 9.17) is 4.74 Å². The molecule has 2 heteroatoms. The van der Waals surface area contributed by atoms with Crippen LogP contribution < -0.4 is 4.74 Å². The van der Waals surface area contributed by atoms with Gasteiger partial charge in [-0.15, -0.1) is 0 Å². The third kappa shape index (κ3) is 1.92. The van der Waals surface area contributed by atoms with Gasteiger partial charge in [-0.2, -0.15) is 0 Å². The Hall–Kier alpha value is -2.09. The van der Waals surface area contributed by atoms with Gasteiger partial charge in [0.1, 0.15) is 17.8 Å². The summed E-state index contributed by atoms with van der Waals surface area (Å²) in [5.41, 5.74) is 4.41. The van der Waals surface area contributed by atoms with E-state index in [1.807, 2.05) is 24.3 Å².